The number of carbonyl (C=O) groups excluding carboxylic acids is 1. The maximum Gasteiger partial charge on any atom is 0.306 e. The van der Waals surface area contributed by atoms with Crippen molar-refractivity contribution in [2.75, 3.05) is 7.11 Å². The third-order valence-electron chi connectivity index (χ3n) is 5.04. The molecule has 3 aromatic heterocycles. The van der Waals surface area contributed by atoms with Gasteiger partial charge in [0.25, 0.3) is 5.89 Å². The van der Waals surface area contributed by atoms with Gasteiger partial charge in [-0.25, -0.2) is 9.50 Å². The summed E-state index contributed by atoms with van der Waals surface area (Å²) in [7, 11) is 1.60. The SMILES string of the molecule is COc1ccc(-c2noc(COC(=O)CCc3c(C)nc4cc(C)nn4c3C)n2)cc1. The van der Waals surface area contributed by atoms with Crippen LogP contribution in [0.25, 0.3) is 17.0 Å². The number of rotatable bonds is 7. The van der Waals surface area contributed by atoms with Crippen LogP contribution in [-0.2, 0) is 22.6 Å². The molecule has 3 heterocycles. The van der Waals surface area contributed by atoms with Crippen LogP contribution in [0, 0.1) is 20.8 Å². The third-order valence-corrected chi connectivity index (χ3v) is 5.04. The minimum atomic E-state index is -0.347. The van der Waals surface area contributed by atoms with Crippen LogP contribution >= 0.6 is 0 Å². The van der Waals surface area contributed by atoms with Crippen molar-refractivity contribution in [3.63, 3.8) is 0 Å². The standard InChI is InChI=1S/C22H23N5O4/c1-13-11-19-23-14(2)18(15(3)27(19)25-13)9-10-21(28)30-12-20-24-22(26-31-20)16-5-7-17(29-4)8-6-16/h5-8,11H,9-10,12H2,1-4H3. The van der Waals surface area contributed by atoms with E-state index in [-0.39, 0.29) is 24.9 Å². The van der Waals surface area contributed by atoms with Crippen molar-refractivity contribution in [2.24, 2.45) is 0 Å². The number of esters is 1. The predicted molar refractivity (Wildman–Crippen MR) is 112 cm³/mol. The molecule has 31 heavy (non-hydrogen) atoms. The normalized spacial score (nSPS) is 11.1. The lowest BCUT2D eigenvalue weighted by molar-refractivity contribution is -0.145. The highest BCUT2D eigenvalue weighted by Crippen LogP contribution is 2.20. The van der Waals surface area contributed by atoms with E-state index in [9.17, 15) is 4.79 Å². The highest BCUT2D eigenvalue weighted by molar-refractivity contribution is 5.69. The van der Waals surface area contributed by atoms with Gasteiger partial charge in [-0.2, -0.15) is 10.1 Å². The summed E-state index contributed by atoms with van der Waals surface area (Å²) in [6.07, 6.45) is 0.730. The second-order valence-electron chi connectivity index (χ2n) is 7.22. The summed E-state index contributed by atoms with van der Waals surface area (Å²) >= 11 is 0. The molecule has 0 spiro atoms. The van der Waals surface area contributed by atoms with E-state index in [0.29, 0.717) is 12.2 Å². The van der Waals surface area contributed by atoms with Gasteiger partial charge in [0.1, 0.15) is 5.75 Å². The van der Waals surface area contributed by atoms with Gasteiger partial charge in [0.05, 0.1) is 12.8 Å². The molecule has 0 atom stereocenters. The first-order chi connectivity index (χ1) is 14.9. The number of carbonyl (C=O) groups is 1. The topological polar surface area (TPSA) is 105 Å². The first kappa shape index (κ1) is 20.5. The summed E-state index contributed by atoms with van der Waals surface area (Å²) in [6.45, 7) is 5.77. The van der Waals surface area contributed by atoms with Crippen molar-refractivity contribution >= 4 is 11.6 Å². The van der Waals surface area contributed by atoms with Gasteiger partial charge >= 0.3 is 5.97 Å². The number of hydrogen-bond donors (Lipinski definition) is 0. The Kier molecular flexibility index (Phi) is 5.66. The number of hydrogen-bond acceptors (Lipinski definition) is 8. The van der Waals surface area contributed by atoms with E-state index in [0.717, 1.165) is 39.6 Å². The van der Waals surface area contributed by atoms with E-state index in [2.05, 4.69) is 20.2 Å². The zero-order valence-electron chi connectivity index (χ0n) is 17.9. The number of aromatic nitrogens is 5. The minimum absolute atomic E-state index is 0.0738. The van der Waals surface area contributed by atoms with Gasteiger partial charge in [-0.1, -0.05) is 5.16 Å². The Morgan fingerprint density at radius 1 is 1.13 bits per heavy atom. The molecule has 0 aliphatic rings. The maximum atomic E-state index is 12.3. The van der Waals surface area contributed by atoms with Crippen molar-refractivity contribution in [1.82, 2.24) is 24.7 Å². The molecule has 1 aromatic carbocycles. The summed E-state index contributed by atoms with van der Waals surface area (Å²) in [5.74, 6) is 1.05. The maximum absolute atomic E-state index is 12.3. The smallest absolute Gasteiger partial charge is 0.306 e. The summed E-state index contributed by atoms with van der Waals surface area (Å²) in [4.78, 5) is 21.1. The van der Waals surface area contributed by atoms with Gasteiger partial charge < -0.3 is 14.0 Å². The summed E-state index contributed by atoms with van der Waals surface area (Å²) in [5, 5.41) is 8.39. The molecule has 0 radical (unpaired) electrons. The van der Waals surface area contributed by atoms with E-state index in [1.165, 1.54) is 0 Å². The number of methoxy groups -OCH3 is 1. The molecule has 0 aliphatic heterocycles. The molecule has 0 N–H and O–H groups in total. The Hall–Kier alpha value is -3.75. The lowest BCUT2D eigenvalue weighted by Gasteiger charge is -2.10. The molecule has 0 fully saturated rings. The average Bonchev–Trinajstić information content (AvgIpc) is 3.38. The summed E-state index contributed by atoms with van der Waals surface area (Å²) in [5.41, 5.74) is 5.35. The Morgan fingerprint density at radius 3 is 2.65 bits per heavy atom. The zero-order valence-corrected chi connectivity index (χ0v) is 17.9. The molecule has 4 rings (SSSR count). The third kappa shape index (κ3) is 4.40. The Balaban J connectivity index is 1.35. The Labute approximate surface area is 179 Å². The van der Waals surface area contributed by atoms with Gasteiger partial charge in [0.15, 0.2) is 12.3 Å². The monoisotopic (exact) mass is 421 g/mol. The van der Waals surface area contributed by atoms with E-state index < -0.39 is 0 Å². The number of nitrogens with zero attached hydrogens (tertiary/aromatic N) is 5. The van der Waals surface area contributed by atoms with Crippen LogP contribution in [0.5, 0.6) is 5.75 Å². The zero-order chi connectivity index (χ0) is 22.0. The molecule has 0 amide bonds. The van der Waals surface area contributed by atoms with Gasteiger partial charge in [0, 0.05) is 29.4 Å². The number of benzene rings is 1. The molecule has 0 bridgehead atoms. The molecular weight excluding hydrogens is 398 g/mol. The first-order valence-electron chi connectivity index (χ1n) is 9.89. The van der Waals surface area contributed by atoms with E-state index in [1.54, 1.807) is 7.11 Å². The lowest BCUT2D eigenvalue weighted by Crippen LogP contribution is -2.10. The van der Waals surface area contributed by atoms with Crippen molar-refractivity contribution < 1.29 is 18.8 Å². The molecule has 9 heteroatoms. The minimum Gasteiger partial charge on any atom is -0.497 e. The highest BCUT2D eigenvalue weighted by atomic mass is 16.6. The van der Waals surface area contributed by atoms with Crippen molar-refractivity contribution in [3.05, 3.63) is 58.9 Å². The molecule has 160 valence electrons. The summed E-state index contributed by atoms with van der Waals surface area (Å²) in [6, 6.07) is 9.22. The Bertz CT molecular complexity index is 1230. The van der Waals surface area contributed by atoms with Crippen molar-refractivity contribution in [3.8, 4) is 17.1 Å². The molecule has 9 nitrogen and oxygen atoms in total. The van der Waals surface area contributed by atoms with Crippen LogP contribution in [-0.4, -0.2) is 37.8 Å². The van der Waals surface area contributed by atoms with Crippen LogP contribution in [0.2, 0.25) is 0 Å². The second-order valence-corrected chi connectivity index (χ2v) is 7.22. The van der Waals surface area contributed by atoms with Crippen LogP contribution in [0.1, 0.15) is 35.0 Å². The average molecular weight is 421 g/mol. The van der Waals surface area contributed by atoms with Gasteiger partial charge in [0.2, 0.25) is 5.82 Å². The molecule has 0 saturated heterocycles. The van der Waals surface area contributed by atoms with Gasteiger partial charge in [-0.15, -0.1) is 0 Å². The molecule has 4 aromatic rings. The molecule has 0 unspecified atom stereocenters. The Morgan fingerprint density at radius 2 is 1.90 bits per heavy atom. The van der Waals surface area contributed by atoms with Gasteiger partial charge in [-0.3, -0.25) is 4.79 Å². The van der Waals surface area contributed by atoms with E-state index in [4.69, 9.17) is 14.0 Å². The van der Waals surface area contributed by atoms with E-state index in [1.807, 2.05) is 55.6 Å². The number of ether oxygens (including phenoxy) is 2. The molecule has 0 aliphatic carbocycles. The number of aryl methyl sites for hydroxylation is 3. The quantitative estimate of drug-likeness (QED) is 0.418. The predicted octanol–water partition coefficient (Wildman–Crippen LogP) is 3.39. The first-order valence-corrected chi connectivity index (χ1v) is 9.89. The summed E-state index contributed by atoms with van der Waals surface area (Å²) < 4.78 is 17.4. The fourth-order valence-electron chi connectivity index (χ4n) is 3.42. The molecular formula is C22H23N5O4. The van der Waals surface area contributed by atoms with Gasteiger partial charge in [-0.05, 0) is 57.0 Å². The van der Waals surface area contributed by atoms with Crippen LogP contribution in [0.4, 0.5) is 0 Å². The van der Waals surface area contributed by atoms with E-state index >= 15 is 0 Å². The number of fused-ring (bicyclic) bond motifs is 1. The largest absolute Gasteiger partial charge is 0.497 e. The highest BCUT2D eigenvalue weighted by Gasteiger charge is 2.15. The molecule has 0 saturated carbocycles. The van der Waals surface area contributed by atoms with Crippen molar-refractivity contribution in [1.29, 1.82) is 0 Å². The fourth-order valence-corrected chi connectivity index (χ4v) is 3.42. The lowest BCUT2D eigenvalue weighted by atomic mass is 10.1. The van der Waals surface area contributed by atoms with Crippen LogP contribution < -0.4 is 4.74 Å². The van der Waals surface area contributed by atoms with Crippen LogP contribution in [0.3, 0.4) is 0 Å². The second kappa shape index (κ2) is 8.55. The van der Waals surface area contributed by atoms with Crippen molar-refractivity contribution in [2.45, 2.75) is 40.2 Å². The fraction of sp³-hybridized carbons (Fsp3) is 0.318. The van der Waals surface area contributed by atoms with Crippen LogP contribution in [0.15, 0.2) is 34.9 Å².